The van der Waals surface area contributed by atoms with Gasteiger partial charge in [0.25, 0.3) is 0 Å². The monoisotopic (exact) mass is 472 g/mol. The van der Waals surface area contributed by atoms with Crippen molar-refractivity contribution in [2.24, 2.45) is 0 Å². The van der Waals surface area contributed by atoms with Gasteiger partial charge in [0.1, 0.15) is 6.61 Å². The largest absolute Gasteiger partial charge is 0.461 e. The molecule has 0 radical (unpaired) electrons. The van der Waals surface area contributed by atoms with Gasteiger partial charge in [0, 0.05) is 6.42 Å². The first-order valence-corrected chi connectivity index (χ1v) is 14.1. The van der Waals surface area contributed by atoms with E-state index in [9.17, 15) is 4.79 Å². The van der Waals surface area contributed by atoms with Crippen molar-refractivity contribution in [3.63, 3.8) is 0 Å². The second-order valence-electron chi connectivity index (χ2n) is 10.3. The summed E-state index contributed by atoms with van der Waals surface area (Å²) >= 11 is 0. The molecule has 0 aliphatic rings. The molecule has 0 saturated carbocycles. The molecule has 0 saturated heterocycles. The van der Waals surface area contributed by atoms with Crippen LogP contribution in [0.25, 0.3) is 0 Å². The molecule has 0 spiro atoms. The van der Waals surface area contributed by atoms with E-state index in [2.05, 4.69) is 65.8 Å². The SMILES string of the molecule is CCCCCCCCCCCC(=O)OC/C=C(\C)CC/C=C(\C)CC/C=C(\C)CCC=C(C)C. The van der Waals surface area contributed by atoms with Crippen LogP contribution in [0.5, 0.6) is 0 Å². The van der Waals surface area contributed by atoms with E-state index >= 15 is 0 Å². The Morgan fingerprint density at radius 1 is 0.559 bits per heavy atom. The fraction of sp³-hybridized carbons (Fsp3) is 0.719. The summed E-state index contributed by atoms with van der Waals surface area (Å²) in [5, 5.41) is 0. The summed E-state index contributed by atoms with van der Waals surface area (Å²) in [6, 6.07) is 0. The van der Waals surface area contributed by atoms with Gasteiger partial charge in [0.05, 0.1) is 0 Å². The third-order valence-electron chi connectivity index (χ3n) is 6.31. The zero-order chi connectivity index (χ0) is 25.4. The van der Waals surface area contributed by atoms with Gasteiger partial charge in [-0.15, -0.1) is 0 Å². The summed E-state index contributed by atoms with van der Waals surface area (Å²) in [6.45, 7) is 13.6. The second kappa shape index (κ2) is 23.2. The standard InChI is InChI=1S/C32H56O2/c1-7-8-9-10-11-12-13-14-15-25-32(33)34-27-26-31(6)24-18-23-30(5)22-17-21-29(4)20-16-19-28(2)3/h19,21,23,26H,7-18,20,22,24-25,27H2,1-6H3/b29-21+,30-23+,31-26+. The molecule has 196 valence electrons. The van der Waals surface area contributed by atoms with Crippen LogP contribution in [0.4, 0.5) is 0 Å². The summed E-state index contributed by atoms with van der Waals surface area (Å²) in [7, 11) is 0. The highest BCUT2D eigenvalue weighted by Gasteiger charge is 2.02. The Kier molecular flexibility index (Phi) is 22.1. The maximum Gasteiger partial charge on any atom is 0.306 e. The van der Waals surface area contributed by atoms with Crippen molar-refractivity contribution in [3.05, 3.63) is 46.6 Å². The van der Waals surface area contributed by atoms with Crippen molar-refractivity contribution in [2.75, 3.05) is 6.61 Å². The van der Waals surface area contributed by atoms with Crippen LogP contribution < -0.4 is 0 Å². The first kappa shape index (κ1) is 32.4. The van der Waals surface area contributed by atoms with E-state index < -0.39 is 0 Å². The maximum atomic E-state index is 11.9. The summed E-state index contributed by atoms with van der Waals surface area (Å²) in [4.78, 5) is 11.9. The van der Waals surface area contributed by atoms with Crippen LogP contribution in [0, 0.1) is 0 Å². The number of ether oxygens (including phenoxy) is 1. The second-order valence-corrected chi connectivity index (χ2v) is 10.3. The van der Waals surface area contributed by atoms with Crippen LogP contribution >= 0.6 is 0 Å². The fourth-order valence-corrected chi connectivity index (χ4v) is 3.92. The van der Waals surface area contributed by atoms with Gasteiger partial charge in [0.2, 0.25) is 0 Å². The Labute approximate surface area is 213 Å². The number of hydrogen-bond donors (Lipinski definition) is 0. The first-order chi connectivity index (χ1) is 16.3. The van der Waals surface area contributed by atoms with E-state index in [1.165, 1.54) is 73.7 Å². The van der Waals surface area contributed by atoms with E-state index in [1.807, 2.05) is 0 Å². The highest BCUT2D eigenvalue weighted by atomic mass is 16.5. The van der Waals surface area contributed by atoms with Crippen molar-refractivity contribution in [1.29, 1.82) is 0 Å². The molecule has 0 fully saturated rings. The van der Waals surface area contributed by atoms with E-state index in [0.717, 1.165) is 44.9 Å². The first-order valence-electron chi connectivity index (χ1n) is 14.1. The lowest BCUT2D eigenvalue weighted by molar-refractivity contribution is -0.142. The minimum Gasteiger partial charge on any atom is -0.461 e. The lowest BCUT2D eigenvalue weighted by atomic mass is 10.0. The Morgan fingerprint density at radius 3 is 1.50 bits per heavy atom. The molecule has 2 heteroatoms. The Balaban J connectivity index is 3.82. The van der Waals surface area contributed by atoms with Gasteiger partial charge in [-0.05, 0) is 85.6 Å². The molecule has 0 amide bonds. The van der Waals surface area contributed by atoms with Gasteiger partial charge in [-0.3, -0.25) is 4.79 Å². The molecule has 0 aromatic carbocycles. The molecule has 0 rings (SSSR count). The molecule has 0 aromatic rings. The average Bonchev–Trinajstić information content (AvgIpc) is 2.77. The van der Waals surface area contributed by atoms with Crippen molar-refractivity contribution >= 4 is 5.97 Å². The van der Waals surface area contributed by atoms with Crippen LogP contribution in [-0.4, -0.2) is 12.6 Å². The molecule has 0 aliphatic carbocycles. The molecule has 2 nitrogen and oxygen atoms in total. The summed E-state index contributed by atoms with van der Waals surface area (Å²) < 4.78 is 5.39. The molecule has 34 heavy (non-hydrogen) atoms. The molecule has 0 aliphatic heterocycles. The highest BCUT2D eigenvalue weighted by Crippen LogP contribution is 2.14. The van der Waals surface area contributed by atoms with E-state index in [4.69, 9.17) is 4.74 Å². The molecule has 0 bridgehead atoms. The summed E-state index contributed by atoms with van der Waals surface area (Å²) in [5.74, 6) is -0.0491. The smallest absolute Gasteiger partial charge is 0.306 e. The molecule has 0 heterocycles. The van der Waals surface area contributed by atoms with Crippen molar-refractivity contribution < 1.29 is 9.53 Å². The van der Waals surface area contributed by atoms with Crippen LogP contribution in [0.1, 0.15) is 144 Å². The molecule has 0 atom stereocenters. The number of unbranched alkanes of at least 4 members (excludes halogenated alkanes) is 8. The van der Waals surface area contributed by atoms with Gasteiger partial charge in [-0.25, -0.2) is 0 Å². The normalized spacial score (nSPS) is 12.7. The maximum absolute atomic E-state index is 11.9. The van der Waals surface area contributed by atoms with Gasteiger partial charge < -0.3 is 4.74 Å². The minimum atomic E-state index is -0.0491. The van der Waals surface area contributed by atoms with Crippen LogP contribution in [0.3, 0.4) is 0 Å². The highest BCUT2D eigenvalue weighted by molar-refractivity contribution is 5.69. The molecule has 0 unspecified atom stereocenters. The van der Waals surface area contributed by atoms with E-state index in [-0.39, 0.29) is 5.97 Å². The van der Waals surface area contributed by atoms with E-state index in [1.54, 1.807) is 0 Å². The quantitative estimate of drug-likeness (QED) is 0.0943. The van der Waals surface area contributed by atoms with Crippen molar-refractivity contribution in [3.8, 4) is 0 Å². The number of hydrogen-bond acceptors (Lipinski definition) is 2. The number of esters is 1. The third kappa shape index (κ3) is 23.6. The predicted molar refractivity (Wildman–Crippen MR) is 151 cm³/mol. The predicted octanol–water partition coefficient (Wildman–Crippen LogP) is 10.6. The van der Waals surface area contributed by atoms with Crippen LogP contribution in [-0.2, 0) is 9.53 Å². The lowest BCUT2D eigenvalue weighted by Crippen LogP contribution is -2.04. The topological polar surface area (TPSA) is 26.3 Å². The fourth-order valence-electron chi connectivity index (χ4n) is 3.92. The molecular weight excluding hydrogens is 416 g/mol. The number of allylic oxidation sites excluding steroid dienone is 7. The minimum absolute atomic E-state index is 0.0491. The number of rotatable bonds is 21. The van der Waals surface area contributed by atoms with Gasteiger partial charge >= 0.3 is 5.97 Å². The molecule has 0 aromatic heterocycles. The lowest BCUT2D eigenvalue weighted by Gasteiger charge is -2.05. The Morgan fingerprint density at radius 2 is 1.00 bits per heavy atom. The zero-order valence-corrected chi connectivity index (χ0v) is 23.6. The number of carbonyl (C=O) groups is 1. The van der Waals surface area contributed by atoms with Gasteiger partial charge in [0.15, 0.2) is 0 Å². The van der Waals surface area contributed by atoms with E-state index in [0.29, 0.717) is 13.0 Å². The molecular formula is C32H56O2. The van der Waals surface area contributed by atoms with Gasteiger partial charge in [-0.1, -0.05) is 98.8 Å². The van der Waals surface area contributed by atoms with Crippen molar-refractivity contribution in [2.45, 2.75) is 144 Å². The van der Waals surface area contributed by atoms with Crippen LogP contribution in [0.2, 0.25) is 0 Å². The molecule has 0 N–H and O–H groups in total. The zero-order valence-electron chi connectivity index (χ0n) is 23.6. The summed E-state index contributed by atoms with van der Waals surface area (Å²) in [5.41, 5.74) is 5.67. The van der Waals surface area contributed by atoms with Gasteiger partial charge in [-0.2, -0.15) is 0 Å². The van der Waals surface area contributed by atoms with Crippen molar-refractivity contribution in [1.82, 2.24) is 0 Å². The summed E-state index contributed by atoms with van der Waals surface area (Å²) in [6.07, 6.45) is 27.8. The Hall–Kier alpha value is -1.57. The van der Waals surface area contributed by atoms with Crippen LogP contribution in [0.15, 0.2) is 46.6 Å². The average molecular weight is 473 g/mol. The number of carbonyl (C=O) groups excluding carboxylic acids is 1. The third-order valence-corrected chi connectivity index (χ3v) is 6.31. The Bertz CT molecular complexity index is 629.